The van der Waals surface area contributed by atoms with Crippen molar-refractivity contribution in [2.75, 3.05) is 18.8 Å². The van der Waals surface area contributed by atoms with Gasteiger partial charge in [-0.1, -0.05) is 38.1 Å². The van der Waals surface area contributed by atoms with Crippen LogP contribution in [0.3, 0.4) is 0 Å². The van der Waals surface area contributed by atoms with Crippen LogP contribution in [-0.4, -0.2) is 23.9 Å². The third-order valence-corrected chi connectivity index (χ3v) is 4.60. The van der Waals surface area contributed by atoms with E-state index in [-0.39, 0.29) is 5.91 Å². The first kappa shape index (κ1) is 13.9. The summed E-state index contributed by atoms with van der Waals surface area (Å²) in [5.74, 6) is 1.30. The minimum absolute atomic E-state index is 0.0707. The summed E-state index contributed by atoms with van der Waals surface area (Å²) < 4.78 is 0. The van der Waals surface area contributed by atoms with Gasteiger partial charge in [0.05, 0.1) is 5.56 Å². The Bertz CT molecular complexity index is 678. The van der Waals surface area contributed by atoms with Crippen molar-refractivity contribution in [3.8, 4) is 0 Å². The Morgan fingerprint density at radius 2 is 1.90 bits per heavy atom. The number of hydrogen-bond donors (Lipinski definition) is 1. The standard InChI is InChI=1S/C18H22N2O/c1-12(2)15-7-8-20(11-15)18(21)16-9-13-5-3-4-6-14(13)10-17(16)19/h3-6,9-10,12,15H,7-8,11,19H2,1-2H3. The molecule has 0 aromatic heterocycles. The van der Waals surface area contributed by atoms with E-state index in [0.29, 0.717) is 23.1 Å². The largest absolute Gasteiger partial charge is 0.398 e. The van der Waals surface area contributed by atoms with Crippen molar-refractivity contribution < 1.29 is 4.79 Å². The van der Waals surface area contributed by atoms with E-state index < -0.39 is 0 Å². The van der Waals surface area contributed by atoms with Gasteiger partial charge in [0.25, 0.3) is 5.91 Å². The lowest BCUT2D eigenvalue weighted by atomic mass is 9.95. The van der Waals surface area contributed by atoms with Gasteiger partial charge >= 0.3 is 0 Å². The Hall–Kier alpha value is -2.03. The molecule has 1 aliphatic heterocycles. The Kier molecular flexibility index (Phi) is 3.58. The SMILES string of the molecule is CC(C)C1CCN(C(=O)c2cc3ccccc3cc2N)C1. The summed E-state index contributed by atoms with van der Waals surface area (Å²) in [7, 11) is 0. The third-order valence-electron chi connectivity index (χ3n) is 4.60. The van der Waals surface area contributed by atoms with E-state index in [4.69, 9.17) is 5.73 Å². The number of carbonyl (C=O) groups excluding carboxylic acids is 1. The van der Waals surface area contributed by atoms with Crippen LogP contribution in [0.1, 0.15) is 30.6 Å². The monoisotopic (exact) mass is 282 g/mol. The predicted octanol–water partition coefficient (Wildman–Crippen LogP) is 3.54. The van der Waals surface area contributed by atoms with Crippen molar-refractivity contribution in [2.24, 2.45) is 11.8 Å². The van der Waals surface area contributed by atoms with Crippen molar-refractivity contribution in [1.29, 1.82) is 0 Å². The molecule has 1 aliphatic rings. The molecular formula is C18H22N2O. The smallest absolute Gasteiger partial charge is 0.255 e. The highest BCUT2D eigenvalue weighted by molar-refractivity contribution is 6.04. The zero-order chi connectivity index (χ0) is 15.0. The lowest BCUT2D eigenvalue weighted by molar-refractivity contribution is 0.0785. The van der Waals surface area contributed by atoms with Crippen LogP contribution in [0, 0.1) is 11.8 Å². The van der Waals surface area contributed by atoms with Crippen LogP contribution in [0.2, 0.25) is 0 Å². The van der Waals surface area contributed by atoms with Crippen molar-refractivity contribution >= 4 is 22.4 Å². The lowest BCUT2D eigenvalue weighted by Crippen LogP contribution is -2.30. The summed E-state index contributed by atoms with van der Waals surface area (Å²) in [5.41, 5.74) is 7.31. The average Bonchev–Trinajstić information content (AvgIpc) is 2.96. The molecule has 21 heavy (non-hydrogen) atoms. The van der Waals surface area contributed by atoms with Gasteiger partial charge in [-0.25, -0.2) is 0 Å². The van der Waals surface area contributed by atoms with Gasteiger partial charge in [-0.2, -0.15) is 0 Å². The van der Waals surface area contributed by atoms with Crippen LogP contribution >= 0.6 is 0 Å². The number of anilines is 1. The predicted molar refractivity (Wildman–Crippen MR) is 87.2 cm³/mol. The topological polar surface area (TPSA) is 46.3 Å². The van der Waals surface area contributed by atoms with Crippen LogP contribution in [0.25, 0.3) is 10.8 Å². The van der Waals surface area contributed by atoms with Gasteiger partial charge in [0.15, 0.2) is 0 Å². The fourth-order valence-electron chi connectivity index (χ4n) is 3.13. The Balaban J connectivity index is 1.90. The molecule has 3 rings (SSSR count). The fraction of sp³-hybridized carbons (Fsp3) is 0.389. The molecule has 3 heteroatoms. The summed E-state index contributed by atoms with van der Waals surface area (Å²) in [6, 6.07) is 11.8. The molecule has 0 aliphatic carbocycles. The van der Waals surface area contributed by atoms with Gasteiger partial charge < -0.3 is 10.6 Å². The summed E-state index contributed by atoms with van der Waals surface area (Å²) in [4.78, 5) is 14.7. The second-order valence-corrected chi connectivity index (χ2v) is 6.33. The number of hydrogen-bond acceptors (Lipinski definition) is 2. The fourth-order valence-corrected chi connectivity index (χ4v) is 3.13. The average molecular weight is 282 g/mol. The van der Waals surface area contributed by atoms with E-state index in [0.717, 1.165) is 30.3 Å². The van der Waals surface area contributed by atoms with Gasteiger partial charge in [-0.05, 0) is 41.2 Å². The highest BCUT2D eigenvalue weighted by Gasteiger charge is 2.29. The van der Waals surface area contributed by atoms with Crippen LogP contribution in [-0.2, 0) is 0 Å². The Morgan fingerprint density at radius 3 is 2.52 bits per heavy atom. The first-order valence-electron chi connectivity index (χ1n) is 7.64. The van der Waals surface area contributed by atoms with E-state index in [2.05, 4.69) is 13.8 Å². The highest BCUT2D eigenvalue weighted by atomic mass is 16.2. The second kappa shape index (κ2) is 5.40. The molecule has 0 radical (unpaired) electrons. The van der Waals surface area contributed by atoms with Gasteiger partial charge in [-0.15, -0.1) is 0 Å². The van der Waals surface area contributed by atoms with E-state index >= 15 is 0 Å². The summed E-state index contributed by atoms with van der Waals surface area (Å²) in [6.45, 7) is 6.14. The maximum Gasteiger partial charge on any atom is 0.255 e. The van der Waals surface area contributed by atoms with E-state index in [1.54, 1.807) is 0 Å². The molecule has 0 bridgehead atoms. The molecule has 1 fully saturated rings. The number of nitrogens with zero attached hydrogens (tertiary/aromatic N) is 1. The molecule has 1 saturated heterocycles. The minimum Gasteiger partial charge on any atom is -0.398 e. The van der Waals surface area contributed by atoms with Gasteiger partial charge in [0.2, 0.25) is 0 Å². The van der Waals surface area contributed by atoms with Gasteiger partial charge in [0, 0.05) is 18.8 Å². The quantitative estimate of drug-likeness (QED) is 0.856. The Labute approximate surface area is 125 Å². The zero-order valence-electron chi connectivity index (χ0n) is 12.7. The second-order valence-electron chi connectivity index (χ2n) is 6.33. The molecule has 2 N–H and O–H groups in total. The maximum absolute atomic E-state index is 12.7. The van der Waals surface area contributed by atoms with E-state index in [9.17, 15) is 4.79 Å². The van der Waals surface area contributed by atoms with Crippen LogP contribution < -0.4 is 5.73 Å². The molecule has 3 nitrogen and oxygen atoms in total. The molecule has 2 aromatic carbocycles. The number of fused-ring (bicyclic) bond motifs is 1. The normalized spacial score (nSPS) is 18.6. The van der Waals surface area contributed by atoms with Crippen molar-refractivity contribution in [1.82, 2.24) is 4.90 Å². The van der Waals surface area contributed by atoms with E-state index in [1.165, 1.54) is 0 Å². The zero-order valence-corrected chi connectivity index (χ0v) is 12.7. The van der Waals surface area contributed by atoms with Crippen molar-refractivity contribution in [3.05, 3.63) is 42.0 Å². The van der Waals surface area contributed by atoms with Crippen molar-refractivity contribution in [2.45, 2.75) is 20.3 Å². The highest BCUT2D eigenvalue weighted by Crippen LogP contribution is 2.28. The number of nitrogens with two attached hydrogens (primary N) is 1. The molecule has 1 unspecified atom stereocenters. The van der Waals surface area contributed by atoms with Crippen LogP contribution in [0.5, 0.6) is 0 Å². The summed E-state index contributed by atoms with van der Waals surface area (Å²) in [6.07, 6.45) is 1.09. The van der Waals surface area contributed by atoms with Crippen LogP contribution in [0.4, 0.5) is 5.69 Å². The number of likely N-dealkylation sites (tertiary alicyclic amines) is 1. The molecule has 1 heterocycles. The van der Waals surface area contributed by atoms with Crippen molar-refractivity contribution in [3.63, 3.8) is 0 Å². The minimum atomic E-state index is 0.0707. The summed E-state index contributed by atoms with van der Waals surface area (Å²) >= 11 is 0. The first-order chi connectivity index (χ1) is 10.1. The van der Waals surface area contributed by atoms with Gasteiger partial charge in [-0.3, -0.25) is 4.79 Å². The maximum atomic E-state index is 12.7. The number of amides is 1. The molecule has 1 amide bonds. The number of benzene rings is 2. The summed E-state index contributed by atoms with van der Waals surface area (Å²) in [5, 5.41) is 2.14. The van der Waals surface area contributed by atoms with Crippen LogP contribution in [0.15, 0.2) is 36.4 Å². The Morgan fingerprint density at radius 1 is 1.24 bits per heavy atom. The number of carbonyl (C=O) groups is 1. The molecule has 0 spiro atoms. The molecule has 2 aromatic rings. The lowest BCUT2D eigenvalue weighted by Gasteiger charge is -2.19. The molecule has 0 saturated carbocycles. The van der Waals surface area contributed by atoms with E-state index in [1.807, 2.05) is 41.3 Å². The number of rotatable bonds is 2. The molecule has 110 valence electrons. The molecular weight excluding hydrogens is 260 g/mol. The van der Waals surface area contributed by atoms with Gasteiger partial charge in [0.1, 0.15) is 0 Å². The first-order valence-corrected chi connectivity index (χ1v) is 7.64. The number of nitrogen functional groups attached to an aromatic ring is 1. The third kappa shape index (κ3) is 2.60. The molecule has 1 atom stereocenters.